The number of nitrogens with zero attached hydrogens (tertiary/aromatic N) is 5. The van der Waals surface area contributed by atoms with Crippen LogP contribution in [0.25, 0.3) is 11.2 Å². The van der Waals surface area contributed by atoms with Gasteiger partial charge in [-0.2, -0.15) is 9.97 Å². The largest absolute Gasteiger partial charge is 0.481 e. The summed E-state index contributed by atoms with van der Waals surface area (Å²) in [4.78, 5) is 30.2. The van der Waals surface area contributed by atoms with Gasteiger partial charge in [0.25, 0.3) is 0 Å². The van der Waals surface area contributed by atoms with Gasteiger partial charge < -0.3 is 21.5 Å². The van der Waals surface area contributed by atoms with Crippen LogP contribution in [0.1, 0.15) is 35.2 Å². The number of nitrogens with two attached hydrogens (primary N) is 2. The molecule has 0 fully saturated rings. The fourth-order valence-corrected chi connectivity index (χ4v) is 4.24. The maximum absolute atomic E-state index is 10.7. The van der Waals surface area contributed by atoms with Crippen LogP contribution in [0.3, 0.4) is 0 Å². The van der Waals surface area contributed by atoms with Crippen molar-refractivity contribution < 1.29 is 9.90 Å². The number of carbonyl (C=O) groups is 1. The molecule has 0 unspecified atom stereocenters. The number of hydrogen-bond donors (Lipinski definition) is 3. The highest BCUT2D eigenvalue weighted by Crippen LogP contribution is 2.37. The Labute approximate surface area is 201 Å². The predicted molar refractivity (Wildman–Crippen MR) is 134 cm³/mol. The first kappa shape index (κ1) is 22.1. The third-order valence-electron chi connectivity index (χ3n) is 5.83. The summed E-state index contributed by atoms with van der Waals surface area (Å²) < 4.78 is 0. The van der Waals surface area contributed by atoms with Crippen LogP contribution in [0.2, 0.25) is 0 Å². The molecule has 1 aliphatic heterocycles. The van der Waals surface area contributed by atoms with E-state index in [0.29, 0.717) is 24.1 Å². The molecule has 4 aromatic rings. The van der Waals surface area contributed by atoms with Crippen LogP contribution in [0, 0.1) is 11.8 Å². The van der Waals surface area contributed by atoms with E-state index in [1.807, 2.05) is 18.2 Å². The van der Waals surface area contributed by atoms with Crippen molar-refractivity contribution in [3.63, 3.8) is 0 Å². The van der Waals surface area contributed by atoms with Gasteiger partial charge in [-0.1, -0.05) is 30.0 Å². The van der Waals surface area contributed by atoms with Crippen molar-refractivity contribution >= 4 is 40.3 Å². The summed E-state index contributed by atoms with van der Waals surface area (Å²) in [5.41, 5.74) is 18.7. The number of aryl methyl sites for hydroxylation is 2. The summed E-state index contributed by atoms with van der Waals surface area (Å²) in [6.45, 7) is 0.473. The lowest BCUT2D eigenvalue weighted by Gasteiger charge is -2.26. The Hall–Kier alpha value is -4.71. The van der Waals surface area contributed by atoms with Gasteiger partial charge in [0.2, 0.25) is 5.95 Å². The first-order valence-electron chi connectivity index (χ1n) is 11.2. The smallest absolute Gasteiger partial charge is 0.304 e. The number of hydrogen-bond acceptors (Lipinski definition) is 8. The number of anilines is 4. The van der Waals surface area contributed by atoms with E-state index in [1.54, 1.807) is 6.20 Å². The first-order chi connectivity index (χ1) is 17.0. The summed E-state index contributed by atoms with van der Waals surface area (Å²) in [6.07, 6.45) is 3.79. The van der Waals surface area contributed by atoms with E-state index in [-0.39, 0.29) is 18.2 Å². The average molecular weight is 466 g/mol. The minimum absolute atomic E-state index is 0.0377. The van der Waals surface area contributed by atoms with E-state index in [0.717, 1.165) is 41.0 Å². The van der Waals surface area contributed by atoms with Crippen molar-refractivity contribution in [3.05, 3.63) is 71.0 Å². The molecule has 1 aliphatic rings. The summed E-state index contributed by atoms with van der Waals surface area (Å²) in [5, 5.41) is 8.82. The zero-order chi connectivity index (χ0) is 24.4. The molecule has 2 aromatic heterocycles. The molecular weight excluding hydrogens is 442 g/mol. The number of aliphatic carboxylic acids is 1. The highest BCUT2D eigenvalue weighted by atomic mass is 16.4. The highest BCUT2D eigenvalue weighted by molar-refractivity contribution is 5.82. The Kier molecular flexibility index (Phi) is 5.85. The summed E-state index contributed by atoms with van der Waals surface area (Å²) in [5.74, 6) is 5.47. The molecule has 5 N–H and O–H groups in total. The van der Waals surface area contributed by atoms with Crippen LogP contribution in [-0.4, -0.2) is 31.0 Å². The monoisotopic (exact) mass is 465 g/mol. The minimum atomic E-state index is -0.844. The normalized spacial score (nSPS) is 12.3. The second-order valence-corrected chi connectivity index (χ2v) is 8.25. The molecule has 0 amide bonds. The van der Waals surface area contributed by atoms with Crippen molar-refractivity contribution in [3.8, 4) is 11.8 Å². The molecule has 35 heavy (non-hydrogen) atoms. The number of carboxylic acids is 1. The van der Waals surface area contributed by atoms with Crippen molar-refractivity contribution in [2.45, 2.75) is 32.2 Å². The zero-order valence-electron chi connectivity index (χ0n) is 18.9. The molecule has 0 atom stereocenters. The quantitative estimate of drug-likeness (QED) is 0.387. The Morgan fingerprint density at radius 3 is 2.69 bits per heavy atom. The second-order valence-electron chi connectivity index (χ2n) is 8.25. The summed E-state index contributed by atoms with van der Waals surface area (Å²) >= 11 is 0. The standard InChI is InChI=1S/C26H23N7O2/c27-24-23-25(32-26(28)31-24)29-14-19(30-23)15-33-20-7-3-2-6-17(20)10-11-18-13-16(9-12-21(18)33)5-1-4-8-22(34)35/h2-3,6-7,9,12-14H,4,8,10-11,15H2,(H,34,35)(H4,27,28,29,31,32). The molecule has 174 valence electrons. The van der Waals surface area contributed by atoms with E-state index in [1.165, 1.54) is 5.56 Å². The lowest BCUT2D eigenvalue weighted by Crippen LogP contribution is -2.19. The van der Waals surface area contributed by atoms with E-state index >= 15 is 0 Å². The molecule has 0 bridgehead atoms. The van der Waals surface area contributed by atoms with E-state index < -0.39 is 5.97 Å². The SMILES string of the molecule is Nc1nc(N)c2nc(CN3c4ccccc4CCc4cc(C#CCCC(=O)O)ccc43)cnc2n1. The van der Waals surface area contributed by atoms with Gasteiger partial charge in [0.15, 0.2) is 17.0 Å². The van der Waals surface area contributed by atoms with Gasteiger partial charge in [-0.05, 0) is 48.2 Å². The lowest BCUT2D eigenvalue weighted by atomic mass is 10.0. The van der Waals surface area contributed by atoms with E-state index in [4.69, 9.17) is 16.6 Å². The van der Waals surface area contributed by atoms with Crippen LogP contribution in [0.15, 0.2) is 48.7 Å². The molecule has 3 heterocycles. The van der Waals surface area contributed by atoms with Gasteiger partial charge in [-0.25, -0.2) is 9.97 Å². The molecule has 0 spiro atoms. The van der Waals surface area contributed by atoms with Gasteiger partial charge in [0, 0.05) is 23.4 Å². The van der Waals surface area contributed by atoms with Gasteiger partial charge in [-0.15, -0.1) is 0 Å². The number of fused-ring (bicyclic) bond motifs is 3. The average Bonchev–Trinajstić information content (AvgIpc) is 2.99. The van der Waals surface area contributed by atoms with E-state index in [9.17, 15) is 4.79 Å². The molecule has 5 rings (SSSR count). The topological polar surface area (TPSA) is 144 Å². The van der Waals surface area contributed by atoms with Crippen LogP contribution in [0.5, 0.6) is 0 Å². The van der Waals surface area contributed by atoms with Gasteiger partial charge in [-0.3, -0.25) is 4.79 Å². The molecule has 9 nitrogen and oxygen atoms in total. The Balaban J connectivity index is 1.53. The minimum Gasteiger partial charge on any atom is -0.481 e. The van der Waals surface area contributed by atoms with Crippen LogP contribution in [0.4, 0.5) is 23.1 Å². The summed E-state index contributed by atoms with van der Waals surface area (Å²) in [7, 11) is 0. The molecular formula is C26H23N7O2. The van der Waals surface area contributed by atoms with Crippen molar-refractivity contribution in [1.82, 2.24) is 19.9 Å². The molecule has 0 saturated heterocycles. The fraction of sp³-hybridized carbons (Fsp3) is 0.192. The van der Waals surface area contributed by atoms with E-state index in [2.05, 4.69) is 60.9 Å². The number of rotatable bonds is 4. The van der Waals surface area contributed by atoms with Gasteiger partial charge in [0.05, 0.1) is 24.9 Å². The van der Waals surface area contributed by atoms with Gasteiger partial charge in [0.1, 0.15) is 0 Å². The number of benzene rings is 2. The van der Waals surface area contributed by atoms with Crippen LogP contribution < -0.4 is 16.4 Å². The Morgan fingerprint density at radius 2 is 1.83 bits per heavy atom. The molecule has 0 radical (unpaired) electrons. The van der Waals surface area contributed by atoms with Crippen LogP contribution in [-0.2, 0) is 24.2 Å². The maximum atomic E-state index is 10.7. The highest BCUT2D eigenvalue weighted by Gasteiger charge is 2.22. The van der Waals surface area contributed by atoms with Gasteiger partial charge >= 0.3 is 5.97 Å². The van der Waals surface area contributed by atoms with Crippen molar-refractivity contribution in [2.75, 3.05) is 16.4 Å². The molecule has 0 aliphatic carbocycles. The molecule has 2 aromatic carbocycles. The third kappa shape index (κ3) is 4.68. The first-order valence-corrected chi connectivity index (χ1v) is 11.2. The third-order valence-corrected chi connectivity index (χ3v) is 5.83. The number of para-hydroxylation sites is 1. The second kappa shape index (κ2) is 9.27. The predicted octanol–water partition coefficient (Wildman–Crippen LogP) is 3.24. The maximum Gasteiger partial charge on any atom is 0.304 e. The van der Waals surface area contributed by atoms with Crippen molar-refractivity contribution in [1.29, 1.82) is 0 Å². The van der Waals surface area contributed by atoms with Crippen molar-refractivity contribution in [2.24, 2.45) is 0 Å². The summed E-state index contributed by atoms with van der Waals surface area (Å²) in [6, 6.07) is 14.4. The Bertz CT molecular complexity index is 1510. The molecule has 9 heteroatoms. The number of nitrogen functional groups attached to an aromatic ring is 2. The lowest BCUT2D eigenvalue weighted by molar-refractivity contribution is -0.136. The fourth-order valence-electron chi connectivity index (χ4n) is 4.24. The zero-order valence-corrected chi connectivity index (χ0v) is 18.9. The molecule has 0 saturated carbocycles. The van der Waals surface area contributed by atoms with Crippen LogP contribution >= 0.6 is 0 Å². The Morgan fingerprint density at radius 1 is 1.03 bits per heavy atom. The number of aromatic nitrogens is 4. The number of carboxylic acid groups (broad SMARTS) is 1.